The Morgan fingerprint density at radius 3 is 2.62 bits per heavy atom. The zero-order valence-electron chi connectivity index (χ0n) is 13.1. The van der Waals surface area contributed by atoms with E-state index < -0.39 is 0 Å². The van der Waals surface area contributed by atoms with Gasteiger partial charge < -0.3 is 10.0 Å². The van der Waals surface area contributed by atoms with Crippen LogP contribution in [0.4, 0.5) is 0 Å². The summed E-state index contributed by atoms with van der Waals surface area (Å²) in [6.45, 7) is 5.11. The van der Waals surface area contributed by atoms with Gasteiger partial charge >= 0.3 is 0 Å². The molecule has 116 valence electrons. The zero-order chi connectivity index (χ0) is 15.5. The van der Waals surface area contributed by atoms with E-state index in [0.717, 1.165) is 37.3 Å². The second kappa shape index (κ2) is 6.95. The topological polar surface area (TPSA) is 23.5 Å². The van der Waals surface area contributed by atoms with Crippen molar-refractivity contribution >= 4 is 11.6 Å². The molecule has 0 spiro atoms. The largest absolute Gasteiger partial charge is 0.393 e. The highest BCUT2D eigenvalue weighted by Gasteiger charge is 2.41. The number of hydrogen-bond acceptors (Lipinski definition) is 2. The summed E-state index contributed by atoms with van der Waals surface area (Å²) in [5.41, 5.74) is 1.36. The zero-order valence-corrected chi connectivity index (χ0v) is 13.8. The van der Waals surface area contributed by atoms with Crippen molar-refractivity contribution in [1.82, 2.24) is 4.90 Å². The molecule has 3 heteroatoms. The molecule has 0 amide bonds. The highest BCUT2D eigenvalue weighted by Crippen LogP contribution is 2.45. The number of rotatable bonds is 5. The Kier molecular flexibility index (Phi) is 5.48. The maximum Gasteiger partial charge on any atom is 0.0544 e. The number of hydrogen-bond donors (Lipinski definition) is 1. The quantitative estimate of drug-likeness (QED) is 0.837. The van der Waals surface area contributed by atoms with E-state index in [0.29, 0.717) is 5.92 Å². The van der Waals surface area contributed by atoms with Crippen molar-refractivity contribution in [2.75, 3.05) is 20.6 Å². The molecule has 2 rings (SSSR count). The van der Waals surface area contributed by atoms with E-state index in [4.69, 9.17) is 11.6 Å². The summed E-state index contributed by atoms with van der Waals surface area (Å²) in [6, 6.07) is 8.11. The third-order valence-corrected chi connectivity index (χ3v) is 5.00. The number of halogens is 1. The molecule has 1 aliphatic carbocycles. The SMILES string of the molecule is C=CC1(Cc2ccc(Cl)cc2)CCC(O)CC1CN(C)C. The van der Waals surface area contributed by atoms with Crippen LogP contribution in [0.25, 0.3) is 0 Å². The van der Waals surface area contributed by atoms with Crippen LogP contribution in [0.15, 0.2) is 36.9 Å². The molecule has 1 aromatic rings. The molecule has 1 saturated carbocycles. The van der Waals surface area contributed by atoms with Crippen molar-refractivity contribution in [2.45, 2.75) is 31.8 Å². The standard InChI is InChI=1S/C18H26ClNO/c1-4-18(12-14-5-7-16(19)8-6-14)10-9-17(21)11-15(18)13-20(2)3/h4-8,15,17,21H,1,9-13H2,2-3H3. The Hall–Kier alpha value is -0.830. The Labute approximate surface area is 133 Å². The van der Waals surface area contributed by atoms with Gasteiger partial charge in [0, 0.05) is 11.6 Å². The van der Waals surface area contributed by atoms with Crippen molar-refractivity contribution in [3.05, 3.63) is 47.5 Å². The summed E-state index contributed by atoms with van der Waals surface area (Å²) in [5.74, 6) is 0.435. The Morgan fingerprint density at radius 1 is 1.38 bits per heavy atom. The predicted molar refractivity (Wildman–Crippen MR) is 89.7 cm³/mol. The lowest BCUT2D eigenvalue weighted by Gasteiger charge is -2.45. The normalized spacial score (nSPS) is 29.6. The molecule has 0 heterocycles. The van der Waals surface area contributed by atoms with Gasteiger partial charge in [-0.2, -0.15) is 0 Å². The first-order chi connectivity index (χ1) is 9.95. The van der Waals surface area contributed by atoms with Crippen LogP contribution in [0.2, 0.25) is 5.02 Å². The number of benzene rings is 1. The van der Waals surface area contributed by atoms with Crippen molar-refractivity contribution in [3.63, 3.8) is 0 Å². The van der Waals surface area contributed by atoms with Crippen LogP contribution < -0.4 is 0 Å². The molecule has 21 heavy (non-hydrogen) atoms. The van der Waals surface area contributed by atoms with Crippen LogP contribution in [-0.4, -0.2) is 36.8 Å². The van der Waals surface area contributed by atoms with Gasteiger partial charge in [0.05, 0.1) is 6.10 Å². The molecule has 1 N–H and O–H groups in total. The van der Waals surface area contributed by atoms with E-state index >= 15 is 0 Å². The first kappa shape index (κ1) is 16.5. The average molecular weight is 308 g/mol. The minimum absolute atomic E-state index is 0.0668. The van der Waals surface area contributed by atoms with Crippen LogP contribution in [0.1, 0.15) is 24.8 Å². The molecule has 3 unspecified atom stereocenters. The highest BCUT2D eigenvalue weighted by molar-refractivity contribution is 6.30. The minimum atomic E-state index is -0.173. The lowest BCUT2D eigenvalue weighted by atomic mass is 9.62. The molecule has 3 atom stereocenters. The molecule has 0 bridgehead atoms. The summed E-state index contributed by atoms with van der Waals surface area (Å²) in [5, 5.41) is 10.8. The Balaban J connectivity index is 2.23. The Bertz CT molecular complexity index is 469. The third kappa shape index (κ3) is 4.09. The molecular formula is C18H26ClNO. The molecule has 1 aliphatic rings. The Morgan fingerprint density at radius 2 is 2.05 bits per heavy atom. The van der Waals surface area contributed by atoms with Crippen molar-refractivity contribution < 1.29 is 5.11 Å². The smallest absolute Gasteiger partial charge is 0.0544 e. The molecule has 1 aromatic carbocycles. The minimum Gasteiger partial charge on any atom is -0.393 e. The first-order valence-corrected chi connectivity index (χ1v) is 8.04. The number of nitrogens with zero attached hydrogens (tertiary/aromatic N) is 1. The van der Waals surface area contributed by atoms with Crippen LogP contribution in [0.5, 0.6) is 0 Å². The van der Waals surface area contributed by atoms with Gasteiger partial charge in [-0.05, 0) is 68.8 Å². The van der Waals surface area contributed by atoms with Gasteiger partial charge in [0.1, 0.15) is 0 Å². The van der Waals surface area contributed by atoms with Gasteiger partial charge in [-0.1, -0.05) is 29.8 Å². The summed E-state index contributed by atoms with van der Waals surface area (Å²) < 4.78 is 0. The molecule has 0 aromatic heterocycles. The molecule has 2 nitrogen and oxygen atoms in total. The molecular weight excluding hydrogens is 282 g/mol. The van der Waals surface area contributed by atoms with E-state index in [1.807, 2.05) is 12.1 Å². The fourth-order valence-electron chi connectivity index (χ4n) is 3.57. The maximum atomic E-state index is 10.1. The van der Waals surface area contributed by atoms with Gasteiger partial charge in [0.15, 0.2) is 0 Å². The fourth-order valence-corrected chi connectivity index (χ4v) is 3.70. The summed E-state index contributed by atoms with van der Waals surface area (Å²) >= 11 is 5.98. The van der Waals surface area contributed by atoms with Crippen LogP contribution in [0, 0.1) is 11.3 Å². The molecule has 0 aliphatic heterocycles. The average Bonchev–Trinajstić information content (AvgIpc) is 2.44. The summed E-state index contributed by atoms with van der Waals surface area (Å²) in [6.07, 6.45) is 5.65. The lowest BCUT2D eigenvalue weighted by molar-refractivity contribution is 0.0233. The number of aliphatic hydroxyl groups is 1. The van der Waals surface area contributed by atoms with Gasteiger partial charge in [0.2, 0.25) is 0 Å². The van der Waals surface area contributed by atoms with E-state index in [1.54, 1.807) is 0 Å². The predicted octanol–water partition coefficient (Wildman–Crippen LogP) is 3.78. The monoisotopic (exact) mass is 307 g/mol. The number of aliphatic hydroxyl groups excluding tert-OH is 1. The lowest BCUT2D eigenvalue weighted by Crippen LogP contribution is -2.43. The molecule has 0 saturated heterocycles. The highest BCUT2D eigenvalue weighted by atomic mass is 35.5. The number of allylic oxidation sites excluding steroid dienone is 1. The third-order valence-electron chi connectivity index (χ3n) is 4.75. The van der Waals surface area contributed by atoms with Crippen LogP contribution >= 0.6 is 11.6 Å². The second-order valence-corrected chi connectivity index (χ2v) is 7.06. The van der Waals surface area contributed by atoms with E-state index in [-0.39, 0.29) is 11.5 Å². The van der Waals surface area contributed by atoms with E-state index in [1.165, 1.54) is 5.56 Å². The van der Waals surface area contributed by atoms with Gasteiger partial charge in [-0.15, -0.1) is 6.58 Å². The van der Waals surface area contributed by atoms with E-state index in [2.05, 4.69) is 43.8 Å². The first-order valence-electron chi connectivity index (χ1n) is 7.66. The van der Waals surface area contributed by atoms with Crippen molar-refractivity contribution in [3.8, 4) is 0 Å². The van der Waals surface area contributed by atoms with Crippen molar-refractivity contribution in [2.24, 2.45) is 11.3 Å². The van der Waals surface area contributed by atoms with Gasteiger partial charge in [0.25, 0.3) is 0 Å². The fraction of sp³-hybridized carbons (Fsp3) is 0.556. The van der Waals surface area contributed by atoms with Crippen LogP contribution in [-0.2, 0) is 6.42 Å². The van der Waals surface area contributed by atoms with E-state index in [9.17, 15) is 5.11 Å². The maximum absolute atomic E-state index is 10.1. The summed E-state index contributed by atoms with van der Waals surface area (Å²) in [4.78, 5) is 2.21. The van der Waals surface area contributed by atoms with Crippen LogP contribution in [0.3, 0.4) is 0 Å². The molecule has 0 radical (unpaired) electrons. The van der Waals surface area contributed by atoms with Gasteiger partial charge in [-0.3, -0.25) is 0 Å². The molecule has 1 fully saturated rings. The second-order valence-electron chi connectivity index (χ2n) is 6.63. The summed E-state index contributed by atoms with van der Waals surface area (Å²) in [7, 11) is 4.19. The van der Waals surface area contributed by atoms with Crippen molar-refractivity contribution in [1.29, 1.82) is 0 Å². The van der Waals surface area contributed by atoms with Gasteiger partial charge in [-0.25, -0.2) is 0 Å².